The van der Waals surface area contributed by atoms with Crippen LogP contribution in [0.5, 0.6) is 11.5 Å². The summed E-state index contributed by atoms with van der Waals surface area (Å²) in [5.74, 6) is -0.322. The lowest BCUT2D eigenvalue weighted by Crippen LogP contribution is -2.46. The van der Waals surface area contributed by atoms with E-state index in [2.05, 4.69) is 9.80 Å². The summed E-state index contributed by atoms with van der Waals surface area (Å²) in [5, 5.41) is 31.1. The Hall–Kier alpha value is -2.22. The molecule has 1 fully saturated rings. The van der Waals surface area contributed by atoms with Crippen molar-refractivity contribution >= 4 is 34.6 Å². The smallest absolute Gasteiger partial charge is 0.269 e. The number of nitro benzene ring substituents is 1. The maximum Gasteiger partial charge on any atom is 0.269 e. The Labute approximate surface area is 160 Å². The van der Waals surface area contributed by atoms with Gasteiger partial charge in [-0.3, -0.25) is 15.0 Å². The summed E-state index contributed by atoms with van der Waals surface area (Å²) in [7, 11) is 0. The van der Waals surface area contributed by atoms with Crippen LogP contribution in [0.2, 0.25) is 10.0 Å². The standard InChI is InChI=1S/C17H17Cl2N3O4/c18-14-9-15(19)17(24)13(16(14)23)10-20-5-7-21(8-6-20)11-1-3-12(4-2-11)22(25)26/h1-4,9,23-24H,5-8,10H2. The number of phenols is 2. The van der Waals surface area contributed by atoms with Crippen LogP contribution in [-0.2, 0) is 6.54 Å². The normalized spacial score (nSPS) is 15.2. The molecule has 0 atom stereocenters. The van der Waals surface area contributed by atoms with E-state index in [0.29, 0.717) is 38.3 Å². The first-order chi connectivity index (χ1) is 12.4. The summed E-state index contributed by atoms with van der Waals surface area (Å²) in [6.07, 6.45) is 0. The molecule has 138 valence electrons. The number of benzene rings is 2. The van der Waals surface area contributed by atoms with Gasteiger partial charge in [-0.1, -0.05) is 23.2 Å². The molecular weight excluding hydrogens is 381 g/mol. The number of nitro groups is 1. The third-order valence-corrected chi connectivity index (χ3v) is 5.03. The molecule has 0 saturated carbocycles. The van der Waals surface area contributed by atoms with Crippen LogP contribution in [-0.4, -0.2) is 46.2 Å². The highest BCUT2D eigenvalue weighted by Crippen LogP contribution is 2.40. The molecule has 0 bridgehead atoms. The molecule has 0 aliphatic carbocycles. The Balaban J connectivity index is 1.65. The van der Waals surface area contributed by atoms with Crippen molar-refractivity contribution < 1.29 is 15.1 Å². The molecule has 0 aromatic heterocycles. The van der Waals surface area contributed by atoms with Crippen LogP contribution >= 0.6 is 23.2 Å². The molecule has 1 aliphatic heterocycles. The zero-order valence-electron chi connectivity index (χ0n) is 13.7. The predicted octanol–water partition coefficient (Wildman–Crippen LogP) is 3.64. The Morgan fingerprint density at radius 1 is 1.00 bits per heavy atom. The van der Waals surface area contributed by atoms with Gasteiger partial charge < -0.3 is 15.1 Å². The molecule has 2 aromatic carbocycles. The maximum absolute atomic E-state index is 10.7. The summed E-state index contributed by atoms with van der Waals surface area (Å²) in [6.45, 7) is 3.15. The molecule has 0 spiro atoms. The van der Waals surface area contributed by atoms with E-state index < -0.39 is 4.92 Å². The summed E-state index contributed by atoms with van der Waals surface area (Å²) < 4.78 is 0. The van der Waals surface area contributed by atoms with Gasteiger partial charge in [-0.05, 0) is 18.2 Å². The molecule has 7 nitrogen and oxygen atoms in total. The van der Waals surface area contributed by atoms with Crippen LogP contribution in [0, 0.1) is 10.1 Å². The molecule has 1 aliphatic rings. The minimum atomic E-state index is -0.420. The average Bonchev–Trinajstić information content (AvgIpc) is 2.64. The van der Waals surface area contributed by atoms with E-state index in [0.717, 1.165) is 5.69 Å². The fraction of sp³-hybridized carbons (Fsp3) is 0.294. The highest BCUT2D eigenvalue weighted by molar-refractivity contribution is 6.36. The number of non-ortho nitro benzene ring substituents is 1. The van der Waals surface area contributed by atoms with Gasteiger partial charge in [-0.15, -0.1) is 0 Å². The monoisotopic (exact) mass is 397 g/mol. The molecule has 9 heteroatoms. The minimum Gasteiger partial charge on any atom is -0.506 e. The summed E-state index contributed by atoms with van der Waals surface area (Å²) in [6, 6.07) is 7.77. The number of halogens is 2. The van der Waals surface area contributed by atoms with Crippen molar-refractivity contribution in [2.75, 3.05) is 31.1 Å². The van der Waals surface area contributed by atoms with Crippen molar-refractivity contribution in [3.05, 3.63) is 56.1 Å². The lowest BCUT2D eigenvalue weighted by atomic mass is 10.1. The van der Waals surface area contributed by atoms with Crippen molar-refractivity contribution in [1.29, 1.82) is 0 Å². The zero-order chi connectivity index (χ0) is 18.8. The van der Waals surface area contributed by atoms with Crippen LogP contribution in [0.3, 0.4) is 0 Å². The van der Waals surface area contributed by atoms with E-state index >= 15 is 0 Å². The predicted molar refractivity (Wildman–Crippen MR) is 100 cm³/mol. The number of anilines is 1. The van der Waals surface area contributed by atoms with Crippen molar-refractivity contribution in [2.24, 2.45) is 0 Å². The van der Waals surface area contributed by atoms with Gasteiger partial charge in [0.1, 0.15) is 11.5 Å². The Kier molecular flexibility index (Phi) is 5.41. The number of piperazine rings is 1. The highest BCUT2D eigenvalue weighted by atomic mass is 35.5. The first-order valence-electron chi connectivity index (χ1n) is 7.97. The molecule has 0 amide bonds. The van der Waals surface area contributed by atoms with Crippen molar-refractivity contribution in [1.82, 2.24) is 4.90 Å². The third kappa shape index (κ3) is 3.80. The number of nitrogens with zero attached hydrogens (tertiary/aromatic N) is 3. The molecular formula is C17H17Cl2N3O4. The first-order valence-corrected chi connectivity index (χ1v) is 8.73. The number of aromatic hydroxyl groups is 2. The number of hydrogen-bond acceptors (Lipinski definition) is 6. The van der Waals surface area contributed by atoms with Crippen LogP contribution in [0.1, 0.15) is 5.56 Å². The molecule has 26 heavy (non-hydrogen) atoms. The molecule has 2 aromatic rings. The highest BCUT2D eigenvalue weighted by Gasteiger charge is 2.22. The first kappa shape index (κ1) is 18.6. The van der Waals surface area contributed by atoms with E-state index in [-0.39, 0.29) is 27.2 Å². The molecule has 0 unspecified atom stereocenters. The van der Waals surface area contributed by atoms with E-state index in [1.807, 2.05) is 0 Å². The minimum absolute atomic E-state index is 0.0659. The SMILES string of the molecule is O=[N+]([O-])c1ccc(N2CCN(Cc3c(O)c(Cl)cc(Cl)c3O)CC2)cc1. The molecule has 3 rings (SSSR count). The fourth-order valence-electron chi connectivity index (χ4n) is 2.97. The quantitative estimate of drug-likeness (QED) is 0.604. The third-order valence-electron chi connectivity index (χ3n) is 4.46. The van der Waals surface area contributed by atoms with Gasteiger partial charge in [0, 0.05) is 50.5 Å². The number of phenolic OH excluding ortho intramolecular Hbond substituents is 2. The summed E-state index contributed by atoms with van der Waals surface area (Å²) in [4.78, 5) is 14.5. The van der Waals surface area contributed by atoms with Crippen molar-refractivity contribution in [2.45, 2.75) is 6.54 Å². The van der Waals surface area contributed by atoms with Crippen LogP contribution in [0.25, 0.3) is 0 Å². The van der Waals surface area contributed by atoms with Gasteiger partial charge in [0.15, 0.2) is 0 Å². The second-order valence-corrected chi connectivity index (χ2v) is 6.87. The second kappa shape index (κ2) is 7.57. The van der Waals surface area contributed by atoms with Gasteiger partial charge in [0.05, 0.1) is 20.5 Å². The lowest BCUT2D eigenvalue weighted by molar-refractivity contribution is -0.384. The largest absolute Gasteiger partial charge is 0.506 e. The molecule has 1 heterocycles. The van der Waals surface area contributed by atoms with Gasteiger partial charge in [-0.25, -0.2) is 0 Å². The lowest BCUT2D eigenvalue weighted by Gasteiger charge is -2.36. The second-order valence-electron chi connectivity index (χ2n) is 6.05. The average molecular weight is 398 g/mol. The Bertz CT molecular complexity index is 795. The molecule has 2 N–H and O–H groups in total. The molecule has 0 radical (unpaired) electrons. The Morgan fingerprint density at radius 2 is 1.54 bits per heavy atom. The summed E-state index contributed by atoms with van der Waals surface area (Å²) >= 11 is 11.9. The van der Waals surface area contributed by atoms with E-state index in [1.54, 1.807) is 12.1 Å². The van der Waals surface area contributed by atoms with E-state index in [9.17, 15) is 20.3 Å². The molecule has 1 saturated heterocycles. The van der Waals surface area contributed by atoms with Crippen LogP contribution < -0.4 is 4.90 Å². The maximum atomic E-state index is 10.7. The van der Waals surface area contributed by atoms with E-state index in [1.165, 1.54) is 18.2 Å². The van der Waals surface area contributed by atoms with Crippen molar-refractivity contribution in [3.8, 4) is 11.5 Å². The number of rotatable bonds is 4. The Morgan fingerprint density at radius 3 is 2.04 bits per heavy atom. The van der Waals surface area contributed by atoms with Crippen LogP contribution in [0.15, 0.2) is 30.3 Å². The van der Waals surface area contributed by atoms with Gasteiger partial charge >= 0.3 is 0 Å². The van der Waals surface area contributed by atoms with Crippen molar-refractivity contribution in [3.63, 3.8) is 0 Å². The fourth-order valence-corrected chi connectivity index (χ4v) is 3.47. The summed E-state index contributed by atoms with van der Waals surface area (Å²) in [5.41, 5.74) is 1.30. The topological polar surface area (TPSA) is 90.1 Å². The number of hydrogen-bond donors (Lipinski definition) is 2. The van der Waals surface area contributed by atoms with Crippen LogP contribution in [0.4, 0.5) is 11.4 Å². The zero-order valence-corrected chi connectivity index (χ0v) is 15.2. The van der Waals surface area contributed by atoms with Gasteiger partial charge in [0.2, 0.25) is 0 Å². The van der Waals surface area contributed by atoms with Gasteiger partial charge in [-0.2, -0.15) is 0 Å². The van der Waals surface area contributed by atoms with Gasteiger partial charge in [0.25, 0.3) is 5.69 Å². The van der Waals surface area contributed by atoms with E-state index in [4.69, 9.17) is 23.2 Å².